The molecule has 1 fully saturated rings. The summed E-state index contributed by atoms with van der Waals surface area (Å²) >= 11 is 0. The fourth-order valence-corrected chi connectivity index (χ4v) is 3.37. The molecule has 0 amide bonds. The van der Waals surface area contributed by atoms with Crippen LogP contribution in [0.1, 0.15) is 60.3 Å². The quantitative estimate of drug-likeness (QED) is 0.743. The highest BCUT2D eigenvalue weighted by Crippen LogP contribution is 2.39. The van der Waals surface area contributed by atoms with Crippen molar-refractivity contribution in [2.75, 3.05) is 6.54 Å². The molecule has 0 saturated heterocycles. The van der Waals surface area contributed by atoms with Crippen molar-refractivity contribution < 1.29 is 0 Å². The van der Waals surface area contributed by atoms with Gasteiger partial charge in [-0.2, -0.15) is 0 Å². The fourth-order valence-electron chi connectivity index (χ4n) is 3.37. The fraction of sp³-hybridized carbons (Fsp3) is 1.00. The molecule has 1 aliphatic rings. The molecule has 0 aliphatic heterocycles. The Bertz CT molecular complexity index is 188. The summed E-state index contributed by atoms with van der Waals surface area (Å²) in [7, 11) is 0. The molecule has 16 heavy (non-hydrogen) atoms. The largest absolute Gasteiger partial charge is 0.314 e. The van der Waals surface area contributed by atoms with Gasteiger partial charge in [0.2, 0.25) is 0 Å². The molecule has 1 aliphatic carbocycles. The Morgan fingerprint density at radius 3 is 2.38 bits per heavy atom. The molecular weight excluding hydrogens is 194 g/mol. The summed E-state index contributed by atoms with van der Waals surface area (Å²) in [6.07, 6.45) is 5.57. The zero-order valence-corrected chi connectivity index (χ0v) is 11.9. The van der Waals surface area contributed by atoms with Crippen LogP contribution in [-0.4, -0.2) is 12.6 Å². The first-order chi connectivity index (χ1) is 7.56. The predicted molar refractivity (Wildman–Crippen MR) is 72.6 cm³/mol. The standard InChI is InChI=1S/C15H31N/c1-6-9-16-13(5)15-10-12(4)7-8-14(15)11(2)3/h11-16H,6-10H2,1-5H3. The molecule has 1 rings (SSSR count). The maximum Gasteiger partial charge on any atom is 0.00698 e. The van der Waals surface area contributed by atoms with Crippen LogP contribution in [0, 0.1) is 23.7 Å². The van der Waals surface area contributed by atoms with Crippen LogP contribution in [0.2, 0.25) is 0 Å². The van der Waals surface area contributed by atoms with Crippen LogP contribution < -0.4 is 5.32 Å². The van der Waals surface area contributed by atoms with E-state index in [9.17, 15) is 0 Å². The van der Waals surface area contributed by atoms with E-state index in [0.29, 0.717) is 6.04 Å². The number of nitrogens with one attached hydrogen (secondary N) is 1. The van der Waals surface area contributed by atoms with Crippen LogP contribution >= 0.6 is 0 Å². The zero-order chi connectivity index (χ0) is 12.1. The molecular formula is C15H31N. The molecule has 0 aromatic carbocycles. The van der Waals surface area contributed by atoms with Gasteiger partial charge < -0.3 is 5.32 Å². The zero-order valence-electron chi connectivity index (χ0n) is 11.9. The van der Waals surface area contributed by atoms with Gasteiger partial charge in [0.05, 0.1) is 0 Å². The third kappa shape index (κ3) is 3.76. The average Bonchev–Trinajstić information content (AvgIpc) is 2.25. The molecule has 96 valence electrons. The molecule has 0 aromatic heterocycles. The lowest BCUT2D eigenvalue weighted by molar-refractivity contribution is 0.114. The molecule has 0 radical (unpaired) electrons. The van der Waals surface area contributed by atoms with E-state index in [2.05, 4.69) is 39.9 Å². The average molecular weight is 225 g/mol. The van der Waals surface area contributed by atoms with Crippen molar-refractivity contribution in [1.29, 1.82) is 0 Å². The first kappa shape index (κ1) is 14.0. The van der Waals surface area contributed by atoms with E-state index in [1.165, 1.54) is 32.2 Å². The van der Waals surface area contributed by atoms with Gasteiger partial charge in [-0.15, -0.1) is 0 Å². The molecule has 0 heterocycles. The van der Waals surface area contributed by atoms with Crippen LogP contribution in [0.3, 0.4) is 0 Å². The van der Waals surface area contributed by atoms with Gasteiger partial charge in [0.25, 0.3) is 0 Å². The normalized spacial score (nSPS) is 33.0. The second-order valence-corrected chi connectivity index (χ2v) is 6.23. The van der Waals surface area contributed by atoms with Crippen LogP contribution in [0.25, 0.3) is 0 Å². The van der Waals surface area contributed by atoms with Gasteiger partial charge >= 0.3 is 0 Å². The second-order valence-electron chi connectivity index (χ2n) is 6.23. The van der Waals surface area contributed by atoms with Crippen molar-refractivity contribution in [3.63, 3.8) is 0 Å². The summed E-state index contributed by atoms with van der Waals surface area (Å²) < 4.78 is 0. The van der Waals surface area contributed by atoms with Gasteiger partial charge in [-0.1, -0.05) is 34.1 Å². The van der Waals surface area contributed by atoms with Gasteiger partial charge in [-0.3, -0.25) is 0 Å². The van der Waals surface area contributed by atoms with Gasteiger partial charge in [0.15, 0.2) is 0 Å². The Balaban J connectivity index is 2.56. The van der Waals surface area contributed by atoms with Crippen LogP contribution in [0.5, 0.6) is 0 Å². The Labute approximate surface area is 102 Å². The van der Waals surface area contributed by atoms with E-state index in [1.54, 1.807) is 0 Å². The maximum atomic E-state index is 3.71. The molecule has 4 unspecified atom stereocenters. The second kappa shape index (κ2) is 6.64. The highest BCUT2D eigenvalue weighted by Gasteiger charge is 2.33. The van der Waals surface area contributed by atoms with E-state index < -0.39 is 0 Å². The maximum absolute atomic E-state index is 3.71. The van der Waals surface area contributed by atoms with E-state index in [0.717, 1.165) is 23.7 Å². The predicted octanol–water partition coefficient (Wildman–Crippen LogP) is 4.08. The topological polar surface area (TPSA) is 12.0 Å². The van der Waals surface area contributed by atoms with Crippen LogP contribution in [0.4, 0.5) is 0 Å². The smallest absolute Gasteiger partial charge is 0.00698 e. The first-order valence-corrected chi connectivity index (χ1v) is 7.29. The number of hydrogen-bond donors (Lipinski definition) is 1. The van der Waals surface area contributed by atoms with Crippen LogP contribution in [0.15, 0.2) is 0 Å². The minimum absolute atomic E-state index is 0.704. The van der Waals surface area contributed by atoms with Crippen LogP contribution in [-0.2, 0) is 0 Å². The lowest BCUT2D eigenvalue weighted by Crippen LogP contribution is -2.42. The van der Waals surface area contributed by atoms with E-state index >= 15 is 0 Å². The van der Waals surface area contributed by atoms with E-state index in [1.807, 2.05) is 0 Å². The lowest BCUT2D eigenvalue weighted by Gasteiger charge is -2.41. The molecule has 4 atom stereocenters. The van der Waals surface area contributed by atoms with Gasteiger partial charge in [0, 0.05) is 6.04 Å². The monoisotopic (exact) mass is 225 g/mol. The van der Waals surface area contributed by atoms with Crippen molar-refractivity contribution in [3.05, 3.63) is 0 Å². The lowest BCUT2D eigenvalue weighted by atomic mass is 9.67. The first-order valence-electron chi connectivity index (χ1n) is 7.29. The Kier molecular flexibility index (Phi) is 5.82. The third-order valence-electron chi connectivity index (χ3n) is 4.43. The van der Waals surface area contributed by atoms with Crippen molar-refractivity contribution >= 4 is 0 Å². The van der Waals surface area contributed by atoms with Crippen molar-refractivity contribution in [2.24, 2.45) is 23.7 Å². The van der Waals surface area contributed by atoms with Gasteiger partial charge in [-0.05, 0) is 56.4 Å². The highest BCUT2D eigenvalue weighted by atomic mass is 14.9. The molecule has 0 aromatic rings. The minimum atomic E-state index is 0.704. The van der Waals surface area contributed by atoms with Crippen molar-refractivity contribution in [3.8, 4) is 0 Å². The van der Waals surface area contributed by atoms with Crippen molar-refractivity contribution in [2.45, 2.75) is 66.3 Å². The Hall–Kier alpha value is -0.0400. The summed E-state index contributed by atoms with van der Waals surface area (Å²) in [4.78, 5) is 0. The van der Waals surface area contributed by atoms with E-state index in [4.69, 9.17) is 0 Å². The summed E-state index contributed by atoms with van der Waals surface area (Å²) in [6, 6.07) is 0.704. The summed E-state index contributed by atoms with van der Waals surface area (Å²) in [6.45, 7) is 13.1. The molecule has 1 nitrogen and oxygen atoms in total. The molecule has 1 N–H and O–H groups in total. The SMILES string of the molecule is CCCNC(C)C1CC(C)CCC1C(C)C. The van der Waals surface area contributed by atoms with Gasteiger partial charge in [0.1, 0.15) is 0 Å². The summed E-state index contributed by atoms with van der Waals surface area (Å²) in [5.41, 5.74) is 0. The van der Waals surface area contributed by atoms with Crippen molar-refractivity contribution in [1.82, 2.24) is 5.32 Å². The Morgan fingerprint density at radius 1 is 1.12 bits per heavy atom. The third-order valence-corrected chi connectivity index (χ3v) is 4.43. The summed E-state index contributed by atoms with van der Waals surface area (Å²) in [5, 5.41) is 3.71. The van der Waals surface area contributed by atoms with Gasteiger partial charge in [-0.25, -0.2) is 0 Å². The number of hydrogen-bond acceptors (Lipinski definition) is 1. The summed E-state index contributed by atoms with van der Waals surface area (Å²) in [5.74, 6) is 3.63. The molecule has 0 bridgehead atoms. The number of rotatable bonds is 5. The Morgan fingerprint density at radius 2 is 1.81 bits per heavy atom. The van der Waals surface area contributed by atoms with E-state index in [-0.39, 0.29) is 0 Å². The molecule has 1 saturated carbocycles. The molecule has 0 spiro atoms. The minimum Gasteiger partial charge on any atom is -0.314 e. The molecule has 1 heteroatoms. The highest BCUT2D eigenvalue weighted by molar-refractivity contribution is 4.86.